The lowest BCUT2D eigenvalue weighted by Gasteiger charge is -2.11. The van der Waals surface area contributed by atoms with Crippen molar-refractivity contribution in [3.63, 3.8) is 0 Å². The molecule has 0 radical (unpaired) electrons. The molecule has 136 valence electrons. The molecule has 0 saturated carbocycles. The number of thiazole rings is 1. The molecule has 0 aliphatic rings. The zero-order chi connectivity index (χ0) is 18.8. The van der Waals surface area contributed by atoms with Crippen molar-refractivity contribution in [3.05, 3.63) is 54.4 Å². The number of nitrogens with zero attached hydrogens (tertiary/aromatic N) is 3. The first-order chi connectivity index (χ1) is 13.1. The summed E-state index contributed by atoms with van der Waals surface area (Å²) in [7, 11) is 1.64. The number of aromatic nitrogens is 3. The van der Waals surface area contributed by atoms with Gasteiger partial charge in [0, 0.05) is 5.69 Å². The van der Waals surface area contributed by atoms with Crippen LogP contribution in [0.25, 0.3) is 10.2 Å². The Morgan fingerprint density at radius 2 is 1.74 bits per heavy atom. The number of fused-ring (bicyclic) bond motifs is 1. The summed E-state index contributed by atoms with van der Waals surface area (Å²) in [6, 6.07) is 13.8. The number of aryl methyl sites for hydroxylation is 1. The van der Waals surface area contributed by atoms with Crippen molar-refractivity contribution in [1.82, 2.24) is 15.0 Å². The lowest BCUT2D eigenvalue weighted by atomic mass is 10.2. The molecule has 4 N–H and O–H groups in total. The van der Waals surface area contributed by atoms with Gasteiger partial charge in [-0.25, -0.2) is 15.0 Å². The van der Waals surface area contributed by atoms with E-state index in [1.807, 2.05) is 49.4 Å². The Labute approximate surface area is 160 Å². The molecule has 4 aromatic rings. The minimum Gasteiger partial charge on any atom is -0.497 e. The van der Waals surface area contributed by atoms with Crippen LogP contribution < -0.4 is 21.1 Å². The van der Waals surface area contributed by atoms with Gasteiger partial charge >= 0.3 is 0 Å². The Morgan fingerprint density at radius 3 is 2.48 bits per heavy atom. The first-order valence-corrected chi connectivity index (χ1v) is 9.10. The number of hydrogen-bond donors (Lipinski definition) is 3. The number of nitrogen functional groups attached to an aromatic ring is 1. The molecule has 0 spiro atoms. The van der Waals surface area contributed by atoms with Crippen LogP contribution in [0, 0.1) is 6.92 Å². The van der Waals surface area contributed by atoms with Crippen LogP contribution in [-0.4, -0.2) is 22.1 Å². The molecular weight excluding hydrogens is 360 g/mol. The average molecular weight is 378 g/mol. The predicted molar refractivity (Wildman–Crippen MR) is 110 cm³/mol. The highest BCUT2D eigenvalue weighted by atomic mass is 32.1. The molecule has 7 nitrogen and oxygen atoms in total. The fourth-order valence-electron chi connectivity index (χ4n) is 2.56. The highest BCUT2D eigenvalue weighted by molar-refractivity contribution is 7.22. The van der Waals surface area contributed by atoms with Gasteiger partial charge < -0.3 is 21.1 Å². The summed E-state index contributed by atoms with van der Waals surface area (Å²) in [6.45, 7) is 2.04. The van der Waals surface area contributed by atoms with Gasteiger partial charge in [0.05, 0.1) is 17.3 Å². The van der Waals surface area contributed by atoms with Gasteiger partial charge in [0.1, 0.15) is 17.8 Å². The van der Waals surface area contributed by atoms with Crippen LogP contribution in [0.15, 0.2) is 48.8 Å². The number of benzene rings is 2. The van der Waals surface area contributed by atoms with Crippen molar-refractivity contribution in [3.8, 4) is 5.75 Å². The Kier molecular flexibility index (Phi) is 4.47. The second kappa shape index (κ2) is 7.08. The van der Waals surface area contributed by atoms with Crippen molar-refractivity contribution < 1.29 is 4.74 Å². The van der Waals surface area contributed by atoms with E-state index in [-0.39, 0.29) is 0 Å². The first-order valence-electron chi connectivity index (χ1n) is 8.28. The van der Waals surface area contributed by atoms with Gasteiger partial charge in [0.2, 0.25) is 0 Å². The molecule has 4 rings (SSSR count). The van der Waals surface area contributed by atoms with E-state index >= 15 is 0 Å². The Morgan fingerprint density at radius 1 is 1.00 bits per heavy atom. The fraction of sp³-hybridized carbons (Fsp3) is 0.105. The third-order valence-corrected chi connectivity index (χ3v) is 4.95. The topological polar surface area (TPSA) is 98.0 Å². The third kappa shape index (κ3) is 3.61. The molecule has 0 aliphatic heterocycles. The normalized spacial score (nSPS) is 10.7. The predicted octanol–water partition coefficient (Wildman–Crippen LogP) is 4.47. The molecule has 0 fully saturated rings. The second-order valence-electron chi connectivity index (χ2n) is 5.95. The summed E-state index contributed by atoms with van der Waals surface area (Å²) in [5.41, 5.74) is 9.66. The zero-order valence-corrected chi connectivity index (χ0v) is 15.7. The molecule has 0 amide bonds. The first kappa shape index (κ1) is 17.0. The van der Waals surface area contributed by atoms with Crippen LogP contribution in [0.4, 0.5) is 28.1 Å². The largest absolute Gasteiger partial charge is 0.497 e. The maximum Gasteiger partial charge on any atom is 0.189 e. The van der Waals surface area contributed by atoms with Crippen molar-refractivity contribution in [1.29, 1.82) is 0 Å². The average Bonchev–Trinajstić information content (AvgIpc) is 3.08. The third-order valence-electron chi connectivity index (χ3n) is 4.02. The monoisotopic (exact) mass is 378 g/mol. The number of anilines is 5. The van der Waals surface area contributed by atoms with Gasteiger partial charge in [-0.15, -0.1) is 0 Å². The molecule has 0 aliphatic carbocycles. The molecule has 2 aromatic heterocycles. The SMILES string of the molecule is COc1ccc2nc(Nc3ncnc(Nc4ccc(C)cc4)c3N)sc2c1. The minimum atomic E-state index is 0.426. The number of ether oxygens (including phenoxy) is 1. The molecule has 0 unspecified atom stereocenters. The van der Waals surface area contributed by atoms with E-state index in [1.165, 1.54) is 23.2 Å². The van der Waals surface area contributed by atoms with E-state index in [0.29, 0.717) is 22.5 Å². The smallest absolute Gasteiger partial charge is 0.189 e. The summed E-state index contributed by atoms with van der Waals surface area (Å²) in [5.74, 6) is 1.84. The van der Waals surface area contributed by atoms with E-state index in [9.17, 15) is 0 Å². The van der Waals surface area contributed by atoms with Gasteiger partial charge in [0.15, 0.2) is 16.8 Å². The zero-order valence-electron chi connectivity index (χ0n) is 14.9. The van der Waals surface area contributed by atoms with Crippen LogP contribution in [-0.2, 0) is 0 Å². The number of nitrogens with two attached hydrogens (primary N) is 1. The van der Waals surface area contributed by atoms with Crippen molar-refractivity contribution >= 4 is 49.7 Å². The quantitative estimate of drug-likeness (QED) is 0.471. The molecule has 2 aromatic carbocycles. The number of nitrogens with one attached hydrogen (secondary N) is 2. The summed E-state index contributed by atoms with van der Waals surface area (Å²) in [6.07, 6.45) is 1.46. The van der Waals surface area contributed by atoms with E-state index in [4.69, 9.17) is 10.5 Å². The number of methoxy groups -OCH3 is 1. The van der Waals surface area contributed by atoms with Crippen molar-refractivity contribution in [2.24, 2.45) is 0 Å². The van der Waals surface area contributed by atoms with Crippen molar-refractivity contribution in [2.75, 3.05) is 23.5 Å². The molecule has 0 atom stereocenters. The maximum absolute atomic E-state index is 6.26. The van der Waals surface area contributed by atoms with Crippen LogP contribution in [0.5, 0.6) is 5.75 Å². The highest BCUT2D eigenvalue weighted by Gasteiger charge is 2.11. The lowest BCUT2D eigenvalue weighted by Crippen LogP contribution is -2.05. The van der Waals surface area contributed by atoms with E-state index in [0.717, 1.165) is 21.7 Å². The van der Waals surface area contributed by atoms with Gasteiger partial charge in [-0.3, -0.25) is 0 Å². The van der Waals surface area contributed by atoms with Gasteiger partial charge in [-0.2, -0.15) is 0 Å². The van der Waals surface area contributed by atoms with Crippen LogP contribution >= 0.6 is 11.3 Å². The molecule has 27 heavy (non-hydrogen) atoms. The minimum absolute atomic E-state index is 0.426. The standard InChI is InChI=1S/C19H18N6OS/c1-11-3-5-12(6-4-11)23-17-16(20)18(22-10-21-17)25-19-24-14-8-7-13(26-2)9-15(14)27-19/h3-10H,20H2,1-2H3,(H2,21,22,23,24,25). The lowest BCUT2D eigenvalue weighted by molar-refractivity contribution is 0.415. The van der Waals surface area contributed by atoms with Gasteiger partial charge in [0.25, 0.3) is 0 Å². The summed E-state index contributed by atoms with van der Waals surface area (Å²) >= 11 is 1.50. The van der Waals surface area contributed by atoms with Crippen LogP contribution in [0.3, 0.4) is 0 Å². The van der Waals surface area contributed by atoms with E-state index < -0.39 is 0 Å². The van der Waals surface area contributed by atoms with Gasteiger partial charge in [-0.1, -0.05) is 29.0 Å². The molecule has 0 bridgehead atoms. The fourth-order valence-corrected chi connectivity index (χ4v) is 3.45. The van der Waals surface area contributed by atoms with Crippen LogP contribution in [0.1, 0.15) is 5.56 Å². The maximum atomic E-state index is 6.26. The summed E-state index contributed by atoms with van der Waals surface area (Å²) in [4.78, 5) is 13.1. The highest BCUT2D eigenvalue weighted by Crippen LogP contribution is 2.33. The second-order valence-corrected chi connectivity index (χ2v) is 6.98. The molecule has 8 heteroatoms. The Balaban J connectivity index is 1.59. The number of rotatable bonds is 5. The summed E-state index contributed by atoms with van der Waals surface area (Å²) < 4.78 is 6.27. The molecular formula is C19H18N6OS. The van der Waals surface area contributed by atoms with E-state index in [1.54, 1.807) is 7.11 Å². The van der Waals surface area contributed by atoms with Crippen LogP contribution in [0.2, 0.25) is 0 Å². The number of hydrogen-bond acceptors (Lipinski definition) is 8. The Hall–Kier alpha value is -3.39. The summed E-state index contributed by atoms with van der Waals surface area (Å²) in [5, 5.41) is 7.10. The Bertz CT molecular complexity index is 1090. The molecule has 0 saturated heterocycles. The molecule has 2 heterocycles. The van der Waals surface area contributed by atoms with E-state index in [2.05, 4.69) is 25.6 Å². The van der Waals surface area contributed by atoms with Gasteiger partial charge in [-0.05, 0) is 37.3 Å². The van der Waals surface area contributed by atoms with Crippen molar-refractivity contribution in [2.45, 2.75) is 6.92 Å².